The Hall–Kier alpha value is -7.39. The van der Waals surface area contributed by atoms with E-state index in [0.29, 0.717) is 50.8 Å². The van der Waals surface area contributed by atoms with Crippen LogP contribution in [0.5, 0.6) is 28.7 Å². The van der Waals surface area contributed by atoms with Crippen LogP contribution in [-0.2, 0) is 185 Å². The number of tetrazole rings is 4. The summed E-state index contributed by atoms with van der Waals surface area (Å²) in [5.41, 5.74) is 4.76. The third kappa shape index (κ3) is 25.1. The number of halogens is 7. The van der Waals surface area contributed by atoms with Gasteiger partial charge < -0.3 is 23.7 Å². The SMILES string of the molecule is C=Cc1cccc(-n2nnn(C)c2=O)c1COc1cc(C)[c-]cc1C.Cc1[c-]cc(C)c(OCc2c(OC(F)F)cccc2-n2nnn(C)c2=O)c1.Cc1[c-]cc(C)c(OCc2c(SC(F)(F)F)cccc2-n2nnn(C)c2=O)c1.Cc1[c-]cc(C)c(OCc2c(SC(F)F)cccc2-n2nnn(C)c2=O)c1.[Y].[Y].[Y].[Y]. The minimum atomic E-state index is -4.49. The standard InChI is InChI=1S/C19H19N4O2.C18H16F3N4O2S.C18H17F2N4O3.C18H17F2N4O2S.4Y/c1-5-15-7-6-8-17(23-19(24)22(4)20-21-23)16(15)12-25-18-11-13(2)9-10-14(18)3;1-11-7-8-12(2)15(9-11)27-10-13-14(25-17(26)24(3)22-23-25)5-4-6-16(13)28-18(19,20)21;1-11-7-8-12(2)16(9-11)26-10-13-14(24-18(25)23(3)21-22-24)5-4-6-15(13)27-17(19)20;1-11-7-8-12(2)15(9-11)26-10-13-14(24-18(25)23(3)21-22-24)5-4-6-16(13)27-17(19)20;;;;/h5-8,10-11H,1,12H2,2-4H3;4-6,8-9H,10H2,1-3H3;2*4-6,8-9,17H,10H2,1-3H3;;;;/q4*-1;;;;. The van der Waals surface area contributed by atoms with Gasteiger partial charge in [-0.05, 0) is 101 Å². The van der Waals surface area contributed by atoms with Gasteiger partial charge in [-0.15, -0.1) is 46.5 Å². The summed E-state index contributed by atoms with van der Waals surface area (Å²) in [5, 5.41) is 30.0. The van der Waals surface area contributed by atoms with Crippen molar-refractivity contribution in [3.8, 4) is 51.5 Å². The van der Waals surface area contributed by atoms with Gasteiger partial charge in [-0.3, -0.25) is 0 Å². The van der Waals surface area contributed by atoms with Crippen LogP contribution < -0.4 is 46.4 Å². The van der Waals surface area contributed by atoms with E-state index < -0.39 is 34.9 Å². The number of hydrogen-bond donors (Lipinski definition) is 0. The minimum Gasteiger partial charge on any atom is -0.514 e. The Labute approximate surface area is 741 Å². The van der Waals surface area contributed by atoms with Crippen molar-refractivity contribution in [3.05, 3.63) is 266 Å². The molecule has 0 saturated heterocycles. The molecule has 4 aromatic heterocycles. The van der Waals surface area contributed by atoms with E-state index in [2.05, 4.69) is 77.3 Å². The Morgan fingerprint density at radius 1 is 0.423 bits per heavy atom. The number of thioether (sulfide) groups is 2. The molecule has 0 amide bonds. The number of benzene rings is 8. The van der Waals surface area contributed by atoms with Gasteiger partial charge >= 0.3 is 34.9 Å². The first-order valence-electron chi connectivity index (χ1n) is 32.1. The van der Waals surface area contributed by atoms with E-state index in [0.717, 1.165) is 89.5 Å². The molecule has 0 fully saturated rings. The number of rotatable bonds is 22. The molecule has 0 aliphatic heterocycles. The molecule has 4 heterocycles. The summed E-state index contributed by atoms with van der Waals surface area (Å²) in [7, 11) is 5.87. The molecule has 38 heteroatoms. The molecule has 572 valence electrons. The topological polar surface area (TPSA) is 257 Å². The zero-order valence-electron chi connectivity index (χ0n) is 61.9. The molecular formula is C73H69F7N16O9S2Y4-4. The predicted molar refractivity (Wildman–Crippen MR) is 383 cm³/mol. The number of ether oxygens (including phenoxy) is 5. The van der Waals surface area contributed by atoms with Gasteiger partial charge in [0.1, 0.15) is 32.2 Å². The van der Waals surface area contributed by atoms with Gasteiger partial charge in [-0.1, -0.05) is 110 Å². The maximum atomic E-state index is 13.0. The fraction of sp³-hybridized carbons (Fsp3) is 0.260. The number of aryl methyl sites for hydroxylation is 12. The van der Waals surface area contributed by atoms with Crippen molar-refractivity contribution in [1.29, 1.82) is 0 Å². The van der Waals surface area contributed by atoms with Crippen LogP contribution in [0, 0.1) is 79.7 Å². The second-order valence-electron chi connectivity index (χ2n) is 23.6. The number of alkyl halides is 7. The summed E-state index contributed by atoms with van der Waals surface area (Å²) >= 11 is 0.134. The molecule has 0 saturated carbocycles. The fourth-order valence-corrected chi connectivity index (χ4v) is 11.5. The van der Waals surface area contributed by atoms with Crippen molar-refractivity contribution in [2.24, 2.45) is 28.2 Å². The van der Waals surface area contributed by atoms with Crippen molar-refractivity contribution in [1.82, 2.24) is 79.2 Å². The largest absolute Gasteiger partial charge is 0.514 e. The third-order valence-corrected chi connectivity index (χ3v) is 17.3. The molecule has 111 heavy (non-hydrogen) atoms. The molecule has 0 spiro atoms. The first-order valence-corrected chi connectivity index (χ1v) is 33.8. The van der Waals surface area contributed by atoms with Crippen LogP contribution in [0.25, 0.3) is 28.8 Å². The summed E-state index contributed by atoms with van der Waals surface area (Å²) < 4.78 is 128. The number of aromatic nitrogens is 16. The van der Waals surface area contributed by atoms with Gasteiger partial charge in [0.05, 0.1) is 28.3 Å². The Morgan fingerprint density at radius 3 is 1.04 bits per heavy atom. The fourth-order valence-electron chi connectivity index (χ4n) is 10.1. The van der Waals surface area contributed by atoms with Gasteiger partial charge in [0.25, 0.3) is 5.76 Å². The molecule has 0 atom stereocenters. The summed E-state index contributed by atoms with van der Waals surface area (Å²) in [6.45, 7) is 15.9. The van der Waals surface area contributed by atoms with Crippen LogP contribution >= 0.6 is 23.5 Å². The zero-order chi connectivity index (χ0) is 77.6. The van der Waals surface area contributed by atoms with E-state index in [4.69, 9.17) is 18.9 Å². The Kier molecular flexibility index (Phi) is 36.7. The first kappa shape index (κ1) is 94.2. The Balaban J connectivity index is 0.000000262. The van der Waals surface area contributed by atoms with Crippen molar-refractivity contribution < 1.29 is 185 Å². The van der Waals surface area contributed by atoms with Gasteiger partial charge in [0, 0.05) is 209 Å². The molecular weight excluding hydrogens is 1800 g/mol. The van der Waals surface area contributed by atoms with E-state index in [1.54, 1.807) is 67.7 Å². The molecule has 0 aliphatic rings. The molecule has 0 unspecified atom stereocenters. The molecule has 12 aromatic rings. The second kappa shape index (κ2) is 43.2. The molecule has 0 bridgehead atoms. The monoisotopic (exact) mass is 1870 g/mol. The van der Waals surface area contributed by atoms with E-state index in [-0.39, 0.29) is 208 Å². The normalized spacial score (nSPS) is 10.7. The Morgan fingerprint density at radius 2 is 0.721 bits per heavy atom. The zero-order valence-corrected chi connectivity index (χ0v) is 74.9. The molecule has 25 nitrogen and oxygen atoms in total. The maximum absolute atomic E-state index is 13.0. The quantitative estimate of drug-likeness (QED) is 0.0347. The summed E-state index contributed by atoms with van der Waals surface area (Å²) in [6, 6.07) is 45.9. The number of nitrogens with zero attached hydrogens (tertiary/aromatic N) is 16. The van der Waals surface area contributed by atoms with Crippen molar-refractivity contribution in [3.63, 3.8) is 0 Å². The average molecular weight is 1870 g/mol. The summed E-state index contributed by atoms with van der Waals surface area (Å²) in [5.74, 6) is -0.186. The molecule has 8 aromatic carbocycles. The van der Waals surface area contributed by atoms with Gasteiger partial charge in [0.15, 0.2) is 0 Å². The first-order chi connectivity index (χ1) is 50.9. The van der Waals surface area contributed by atoms with Crippen LogP contribution in [-0.4, -0.2) is 97.0 Å². The van der Waals surface area contributed by atoms with Gasteiger partial charge in [-0.2, -0.15) is 139 Å². The van der Waals surface area contributed by atoms with Crippen LogP contribution in [0.3, 0.4) is 0 Å². The van der Waals surface area contributed by atoms with Crippen LogP contribution in [0.4, 0.5) is 30.7 Å². The average Bonchev–Trinajstić information content (AvgIpc) is 1.76. The predicted octanol–water partition coefficient (Wildman–Crippen LogP) is 12.0. The van der Waals surface area contributed by atoms with E-state index in [1.165, 1.54) is 60.8 Å². The maximum Gasteiger partial charge on any atom is 0.446 e. The van der Waals surface area contributed by atoms with Crippen LogP contribution in [0.2, 0.25) is 0 Å². The van der Waals surface area contributed by atoms with E-state index in [9.17, 15) is 49.9 Å². The van der Waals surface area contributed by atoms with Crippen LogP contribution in [0.15, 0.2) is 157 Å². The molecule has 0 aliphatic carbocycles. The van der Waals surface area contributed by atoms with Crippen molar-refractivity contribution in [2.75, 3.05) is 0 Å². The minimum absolute atomic E-state index is 0. The van der Waals surface area contributed by atoms with Gasteiger partial charge in [0.2, 0.25) is 0 Å². The molecule has 12 rings (SSSR count). The van der Waals surface area contributed by atoms with Gasteiger partial charge in [-0.25, -0.2) is 19.2 Å². The molecule has 4 radical (unpaired) electrons. The summed E-state index contributed by atoms with van der Waals surface area (Å²) in [6.07, 6.45) is 1.74. The second-order valence-corrected chi connectivity index (χ2v) is 25.7. The molecule has 0 N–H and O–H groups in total. The third-order valence-electron chi connectivity index (χ3n) is 15.7. The smallest absolute Gasteiger partial charge is 0.446 e. The Bertz CT molecular complexity index is 5260. The van der Waals surface area contributed by atoms with E-state index >= 15 is 0 Å². The van der Waals surface area contributed by atoms with Crippen molar-refractivity contribution >= 4 is 29.6 Å². The van der Waals surface area contributed by atoms with E-state index in [1.807, 2.05) is 91.8 Å². The van der Waals surface area contributed by atoms with Crippen LogP contribution in [0.1, 0.15) is 72.3 Å². The van der Waals surface area contributed by atoms with Crippen molar-refractivity contribution in [2.45, 2.75) is 109 Å². The summed E-state index contributed by atoms with van der Waals surface area (Å²) in [4.78, 5) is 49.1. The number of hydrogen-bond acceptors (Lipinski definition) is 19.